The third-order valence-corrected chi connectivity index (χ3v) is 1.46. The first-order valence-electron chi connectivity index (χ1n) is 4.54. The molecule has 0 saturated heterocycles. The highest BCUT2D eigenvalue weighted by molar-refractivity contribution is 5.03. The third-order valence-electron chi connectivity index (χ3n) is 1.46. The number of hydrogen-bond donors (Lipinski definition) is 0. The molecule has 0 aliphatic rings. The van der Waals surface area contributed by atoms with Crippen molar-refractivity contribution in [2.24, 2.45) is 0 Å². The second kappa shape index (κ2) is 5.02. The lowest BCUT2D eigenvalue weighted by molar-refractivity contribution is -0.212. The Balaban J connectivity index is 0.000000791. The number of alkyl halides is 3. The Bertz CT molecular complexity index is 263. The smallest absolute Gasteiger partial charge is 0.179 e. The summed E-state index contributed by atoms with van der Waals surface area (Å²) in [4.78, 5) is 0. The molecule has 0 radical (unpaired) electrons. The van der Waals surface area contributed by atoms with Crippen LogP contribution in [0.15, 0.2) is 12.3 Å². The van der Waals surface area contributed by atoms with Crippen LogP contribution < -0.4 is 0 Å². The van der Waals surface area contributed by atoms with Gasteiger partial charge in [-0.1, -0.05) is 27.7 Å². The minimum Gasteiger partial charge on any atom is -0.179 e. The average Bonchev–Trinajstić information content (AvgIpc) is 2.54. The molecule has 5 heteroatoms. The van der Waals surface area contributed by atoms with Crippen molar-refractivity contribution < 1.29 is 13.2 Å². The summed E-state index contributed by atoms with van der Waals surface area (Å²) in [5, 5.41) is 3.37. The Morgan fingerprint density at radius 1 is 1.29 bits per heavy atom. The van der Waals surface area contributed by atoms with Crippen LogP contribution in [0.2, 0.25) is 0 Å². The summed E-state index contributed by atoms with van der Waals surface area (Å²) in [6, 6.07) is 1.37. The van der Waals surface area contributed by atoms with E-state index in [1.807, 2.05) is 13.8 Å². The monoisotopic (exact) mass is 208 g/mol. The summed E-state index contributed by atoms with van der Waals surface area (Å²) in [7, 11) is 0. The zero-order valence-corrected chi connectivity index (χ0v) is 8.76. The van der Waals surface area contributed by atoms with Crippen molar-refractivity contribution >= 4 is 0 Å². The number of hydrogen-bond acceptors (Lipinski definition) is 1. The Morgan fingerprint density at radius 2 is 1.79 bits per heavy atom. The molecule has 0 atom stereocenters. The van der Waals surface area contributed by atoms with Crippen LogP contribution in [0.25, 0.3) is 0 Å². The first kappa shape index (κ1) is 13.0. The van der Waals surface area contributed by atoms with Gasteiger partial charge in [0.25, 0.3) is 0 Å². The molecule has 82 valence electrons. The molecule has 1 rings (SSSR count). The highest BCUT2D eigenvalue weighted by Crippen LogP contribution is 2.22. The Morgan fingerprint density at radius 3 is 2.00 bits per heavy atom. The molecule has 0 aliphatic carbocycles. The van der Waals surface area contributed by atoms with Crippen molar-refractivity contribution in [3.8, 4) is 0 Å². The average molecular weight is 208 g/mol. The summed E-state index contributed by atoms with van der Waals surface area (Å²) in [5.74, 6) is 0.0219. The van der Waals surface area contributed by atoms with Gasteiger partial charge in [-0.05, 0) is 12.0 Å². The summed E-state index contributed by atoms with van der Waals surface area (Å²) in [5.41, 5.74) is 0.451. The summed E-state index contributed by atoms with van der Waals surface area (Å²) in [6.45, 7) is 7.59. The van der Waals surface area contributed by atoms with E-state index < -0.39 is 6.30 Å². The number of halogens is 3. The first-order chi connectivity index (χ1) is 6.41. The predicted molar refractivity (Wildman–Crippen MR) is 49.0 cm³/mol. The van der Waals surface area contributed by atoms with Crippen molar-refractivity contribution in [3.05, 3.63) is 18.0 Å². The van der Waals surface area contributed by atoms with Crippen molar-refractivity contribution in [1.82, 2.24) is 9.78 Å². The molecule has 0 fully saturated rings. The number of rotatable bonds is 1. The van der Waals surface area contributed by atoms with Gasteiger partial charge in [-0.2, -0.15) is 9.78 Å². The lowest BCUT2D eigenvalue weighted by atomic mass is 10.1. The molecule has 1 aromatic heterocycles. The molecular weight excluding hydrogens is 193 g/mol. The second-order valence-corrected chi connectivity index (χ2v) is 2.81. The maximum atomic E-state index is 12.0. The van der Waals surface area contributed by atoms with Gasteiger partial charge < -0.3 is 0 Å². The molecule has 0 unspecified atom stereocenters. The Labute approximate surface area is 81.7 Å². The van der Waals surface area contributed by atoms with E-state index in [-0.39, 0.29) is 10.6 Å². The molecular formula is C9H15F3N2. The van der Waals surface area contributed by atoms with Crippen molar-refractivity contribution in [1.29, 1.82) is 0 Å². The van der Waals surface area contributed by atoms with E-state index in [1.54, 1.807) is 13.8 Å². The van der Waals surface area contributed by atoms with Crippen molar-refractivity contribution in [2.45, 2.75) is 39.9 Å². The first-order valence-corrected chi connectivity index (χ1v) is 4.54. The highest BCUT2D eigenvalue weighted by Gasteiger charge is 2.31. The quantitative estimate of drug-likeness (QED) is 0.690. The lowest BCUT2D eigenvalue weighted by Crippen LogP contribution is -2.17. The van der Waals surface area contributed by atoms with Gasteiger partial charge in [0, 0.05) is 6.20 Å². The zero-order chi connectivity index (χ0) is 11.4. The molecule has 0 amide bonds. The van der Waals surface area contributed by atoms with Crippen molar-refractivity contribution in [2.75, 3.05) is 0 Å². The van der Waals surface area contributed by atoms with Crippen LogP contribution in [-0.2, 0) is 6.30 Å². The maximum absolute atomic E-state index is 12.0. The van der Waals surface area contributed by atoms with E-state index in [9.17, 15) is 13.2 Å². The van der Waals surface area contributed by atoms with E-state index in [1.165, 1.54) is 6.07 Å². The standard InChI is InChI=1S/C7H9F3N2.C2H6/c1-5(2)6-3-4-12(11-6)7(8,9)10;1-2/h3-5H,1-2H3;1-2H3. The second-order valence-electron chi connectivity index (χ2n) is 2.81. The molecule has 0 saturated carbocycles. The predicted octanol–water partition coefficient (Wildman–Crippen LogP) is 3.51. The van der Waals surface area contributed by atoms with Crippen molar-refractivity contribution in [3.63, 3.8) is 0 Å². The van der Waals surface area contributed by atoms with Crippen LogP contribution >= 0.6 is 0 Å². The molecule has 0 spiro atoms. The van der Waals surface area contributed by atoms with Gasteiger partial charge in [0.05, 0.1) is 5.69 Å². The molecule has 0 N–H and O–H groups in total. The van der Waals surface area contributed by atoms with E-state index in [2.05, 4.69) is 5.10 Å². The largest absolute Gasteiger partial charge is 0.504 e. The van der Waals surface area contributed by atoms with E-state index in [0.717, 1.165) is 6.20 Å². The molecule has 14 heavy (non-hydrogen) atoms. The fourth-order valence-electron chi connectivity index (χ4n) is 0.787. The lowest BCUT2D eigenvalue weighted by Gasteiger charge is -2.05. The summed E-state index contributed by atoms with van der Waals surface area (Å²) < 4.78 is 35.9. The third kappa shape index (κ3) is 3.40. The fourth-order valence-corrected chi connectivity index (χ4v) is 0.787. The van der Waals surface area contributed by atoms with Gasteiger partial charge in [-0.25, -0.2) is 0 Å². The normalized spacial score (nSPS) is 11.1. The van der Waals surface area contributed by atoms with Gasteiger partial charge in [-0.15, -0.1) is 13.2 Å². The van der Waals surface area contributed by atoms with Crippen LogP contribution in [0.5, 0.6) is 0 Å². The van der Waals surface area contributed by atoms with Crippen LogP contribution in [0.3, 0.4) is 0 Å². The Hall–Kier alpha value is -1.00. The number of nitrogens with zero attached hydrogens (tertiary/aromatic N) is 2. The summed E-state index contributed by atoms with van der Waals surface area (Å²) >= 11 is 0. The molecule has 1 heterocycles. The fraction of sp³-hybridized carbons (Fsp3) is 0.667. The molecule has 1 aromatic rings. The van der Waals surface area contributed by atoms with Gasteiger partial charge in [0.1, 0.15) is 0 Å². The molecule has 0 aromatic carbocycles. The van der Waals surface area contributed by atoms with Gasteiger partial charge in [0.15, 0.2) is 0 Å². The minimum absolute atomic E-state index is 0.0162. The van der Waals surface area contributed by atoms with Gasteiger partial charge in [0.2, 0.25) is 0 Å². The van der Waals surface area contributed by atoms with Gasteiger partial charge >= 0.3 is 6.30 Å². The molecule has 2 nitrogen and oxygen atoms in total. The van der Waals surface area contributed by atoms with Crippen LogP contribution in [0, 0.1) is 0 Å². The summed E-state index contributed by atoms with van der Waals surface area (Å²) in [6.07, 6.45) is -3.47. The SMILES string of the molecule is CC.CC(C)c1ccn(C(F)(F)F)n1. The van der Waals surface area contributed by atoms with Crippen LogP contribution in [-0.4, -0.2) is 9.78 Å². The van der Waals surface area contributed by atoms with E-state index in [0.29, 0.717) is 5.69 Å². The Kier molecular flexibility index (Phi) is 4.67. The molecule has 0 aliphatic heterocycles. The highest BCUT2D eigenvalue weighted by atomic mass is 19.4. The van der Waals surface area contributed by atoms with Crippen LogP contribution in [0.4, 0.5) is 13.2 Å². The molecule has 0 bridgehead atoms. The minimum atomic E-state index is -4.40. The zero-order valence-electron chi connectivity index (χ0n) is 8.76. The van der Waals surface area contributed by atoms with E-state index >= 15 is 0 Å². The maximum Gasteiger partial charge on any atom is 0.504 e. The van der Waals surface area contributed by atoms with E-state index in [4.69, 9.17) is 0 Å². The van der Waals surface area contributed by atoms with Crippen LogP contribution in [0.1, 0.15) is 39.3 Å². The van der Waals surface area contributed by atoms with Gasteiger partial charge in [-0.3, -0.25) is 0 Å². The topological polar surface area (TPSA) is 17.8 Å². The number of aromatic nitrogens is 2.